The Balaban J connectivity index is 1.41. The largest absolute Gasteiger partial charge is 0.388 e. The Morgan fingerprint density at radius 3 is 2.75 bits per heavy atom. The maximum Gasteiger partial charge on any atom is 0.271 e. The van der Waals surface area contributed by atoms with Crippen LogP contribution in [0, 0.1) is 0 Å². The number of thiazole rings is 1. The molecule has 1 spiro atoms. The molecule has 6 nitrogen and oxygen atoms in total. The predicted molar refractivity (Wildman–Crippen MR) is 108 cm³/mol. The number of nitrogens with zero attached hydrogens (tertiary/aromatic N) is 2. The van der Waals surface area contributed by atoms with E-state index < -0.39 is 17.2 Å². The number of aliphatic hydroxyl groups is 1. The fourth-order valence-electron chi connectivity index (χ4n) is 4.39. The summed E-state index contributed by atoms with van der Waals surface area (Å²) in [5.41, 5.74) is 2.01. The van der Waals surface area contributed by atoms with E-state index in [1.807, 2.05) is 13.0 Å². The van der Waals surface area contributed by atoms with Gasteiger partial charge in [-0.05, 0) is 31.7 Å². The second-order valence-electron chi connectivity index (χ2n) is 8.07. The van der Waals surface area contributed by atoms with Gasteiger partial charge in [0.05, 0.1) is 16.7 Å². The molecule has 0 bridgehead atoms. The van der Waals surface area contributed by atoms with Gasteiger partial charge in [-0.3, -0.25) is 9.69 Å². The summed E-state index contributed by atoms with van der Waals surface area (Å²) in [5.74, 6) is -0.235. The van der Waals surface area contributed by atoms with E-state index in [1.165, 1.54) is 16.9 Å². The lowest BCUT2D eigenvalue weighted by molar-refractivity contribution is -0.205. The molecular weight excluding hydrogens is 374 g/mol. The number of rotatable bonds is 4. The molecule has 0 radical (unpaired) electrons. The Morgan fingerprint density at radius 1 is 1.32 bits per heavy atom. The van der Waals surface area contributed by atoms with E-state index in [9.17, 15) is 9.90 Å². The second-order valence-corrected chi connectivity index (χ2v) is 8.79. The van der Waals surface area contributed by atoms with Gasteiger partial charge in [0.1, 0.15) is 11.8 Å². The van der Waals surface area contributed by atoms with Crippen LogP contribution in [0.1, 0.15) is 42.2 Å². The maximum atomic E-state index is 12.5. The molecule has 1 aromatic heterocycles. The Hall–Kier alpha value is -1.80. The topological polar surface area (TPSA) is 74.7 Å². The van der Waals surface area contributed by atoms with Crippen LogP contribution in [-0.4, -0.2) is 57.8 Å². The smallest absolute Gasteiger partial charge is 0.271 e. The molecule has 2 saturated heterocycles. The number of hydrogen-bond donors (Lipinski definition) is 2. The minimum atomic E-state index is -0.754. The average molecular weight is 402 g/mol. The Labute approximate surface area is 169 Å². The van der Waals surface area contributed by atoms with E-state index in [4.69, 9.17) is 4.74 Å². The first-order chi connectivity index (χ1) is 13.5. The third kappa shape index (κ3) is 3.85. The fourth-order valence-corrected chi connectivity index (χ4v) is 4.92. The normalized spacial score (nSPS) is 27.6. The van der Waals surface area contributed by atoms with Crippen LogP contribution in [0.4, 0.5) is 0 Å². The number of hydrogen-bond acceptors (Lipinski definition) is 6. The van der Waals surface area contributed by atoms with Crippen LogP contribution < -0.4 is 5.32 Å². The Bertz CT molecular complexity index is 790. The molecule has 0 aliphatic carbocycles. The van der Waals surface area contributed by atoms with Crippen molar-refractivity contribution in [2.45, 2.75) is 50.0 Å². The van der Waals surface area contributed by atoms with Crippen LogP contribution in [-0.2, 0) is 11.3 Å². The third-order valence-corrected chi connectivity index (χ3v) is 6.71. The summed E-state index contributed by atoms with van der Waals surface area (Å²) in [7, 11) is 0. The second kappa shape index (κ2) is 7.91. The summed E-state index contributed by atoms with van der Waals surface area (Å²) in [6.45, 7) is 5.08. The summed E-state index contributed by atoms with van der Waals surface area (Å²) >= 11 is 1.39. The van der Waals surface area contributed by atoms with Crippen molar-refractivity contribution in [1.82, 2.24) is 15.2 Å². The number of ether oxygens (including phenoxy) is 1. The Morgan fingerprint density at radius 2 is 2.07 bits per heavy atom. The fraction of sp³-hybridized carbons (Fsp3) is 0.524. The van der Waals surface area contributed by atoms with Gasteiger partial charge in [0.25, 0.3) is 5.91 Å². The highest BCUT2D eigenvalue weighted by Crippen LogP contribution is 2.40. The van der Waals surface area contributed by atoms with Crippen molar-refractivity contribution in [3.05, 3.63) is 52.5 Å². The van der Waals surface area contributed by atoms with Crippen molar-refractivity contribution < 1.29 is 14.6 Å². The molecule has 0 unspecified atom stereocenters. The lowest BCUT2D eigenvalue weighted by atomic mass is 9.73. The van der Waals surface area contributed by atoms with Gasteiger partial charge in [0, 0.05) is 31.6 Å². The maximum absolute atomic E-state index is 12.5. The summed E-state index contributed by atoms with van der Waals surface area (Å²) in [5, 5.41) is 16.0. The number of benzene rings is 1. The van der Waals surface area contributed by atoms with Crippen molar-refractivity contribution >= 4 is 17.2 Å². The first-order valence-corrected chi connectivity index (χ1v) is 10.7. The minimum Gasteiger partial charge on any atom is -0.388 e. The van der Waals surface area contributed by atoms with E-state index in [0.29, 0.717) is 18.7 Å². The molecule has 4 rings (SSSR count). The number of aromatic nitrogens is 1. The molecule has 3 heterocycles. The van der Waals surface area contributed by atoms with Gasteiger partial charge in [-0.15, -0.1) is 11.3 Å². The van der Waals surface area contributed by atoms with Crippen molar-refractivity contribution in [3.63, 3.8) is 0 Å². The van der Waals surface area contributed by atoms with E-state index in [2.05, 4.69) is 39.5 Å². The number of carbonyl (C=O) groups is 1. The first-order valence-electron chi connectivity index (χ1n) is 9.80. The Kier molecular flexibility index (Phi) is 5.51. The zero-order valence-corrected chi connectivity index (χ0v) is 17.0. The number of amides is 1. The highest BCUT2D eigenvalue weighted by molar-refractivity contribution is 7.07. The molecule has 2 N–H and O–H groups in total. The van der Waals surface area contributed by atoms with Crippen LogP contribution >= 0.6 is 11.3 Å². The van der Waals surface area contributed by atoms with E-state index >= 15 is 0 Å². The van der Waals surface area contributed by atoms with Gasteiger partial charge < -0.3 is 15.2 Å². The molecule has 2 aromatic rings. The van der Waals surface area contributed by atoms with Crippen LogP contribution in [0.3, 0.4) is 0 Å². The SMILES string of the molecule is C[C@]1(NC(=O)c2cscn2)CCOC2(CCN(Cc3ccccc3)CC2)[C@@H]1O. The van der Waals surface area contributed by atoms with Gasteiger partial charge >= 0.3 is 0 Å². The monoisotopic (exact) mass is 401 g/mol. The minimum absolute atomic E-state index is 0.235. The summed E-state index contributed by atoms with van der Waals surface area (Å²) < 4.78 is 6.14. The van der Waals surface area contributed by atoms with Crippen molar-refractivity contribution in [3.8, 4) is 0 Å². The van der Waals surface area contributed by atoms with E-state index in [-0.39, 0.29) is 5.91 Å². The number of aliphatic hydroxyl groups excluding tert-OH is 1. The van der Waals surface area contributed by atoms with Crippen LogP contribution in [0.2, 0.25) is 0 Å². The van der Waals surface area contributed by atoms with E-state index in [1.54, 1.807) is 10.9 Å². The average Bonchev–Trinajstić information content (AvgIpc) is 3.24. The number of nitrogens with one attached hydrogen (secondary N) is 1. The van der Waals surface area contributed by atoms with Crippen molar-refractivity contribution in [2.75, 3.05) is 19.7 Å². The molecule has 2 aliphatic heterocycles. The highest BCUT2D eigenvalue weighted by atomic mass is 32.1. The summed E-state index contributed by atoms with van der Waals surface area (Å²) in [4.78, 5) is 19.0. The lowest BCUT2D eigenvalue weighted by Gasteiger charge is -2.53. The zero-order chi connectivity index (χ0) is 19.6. The molecular formula is C21H27N3O3S. The molecule has 1 amide bonds. The van der Waals surface area contributed by atoms with Gasteiger partial charge in [-0.25, -0.2) is 4.98 Å². The number of carbonyl (C=O) groups excluding carboxylic acids is 1. The highest BCUT2D eigenvalue weighted by Gasteiger charge is 2.53. The molecule has 150 valence electrons. The lowest BCUT2D eigenvalue weighted by Crippen LogP contribution is -2.69. The third-order valence-electron chi connectivity index (χ3n) is 6.13. The van der Waals surface area contributed by atoms with Gasteiger partial charge in [0.2, 0.25) is 0 Å². The molecule has 1 aromatic carbocycles. The van der Waals surface area contributed by atoms with Crippen molar-refractivity contribution in [1.29, 1.82) is 0 Å². The first kappa shape index (κ1) is 19.5. The summed E-state index contributed by atoms with van der Waals surface area (Å²) in [6, 6.07) is 10.4. The molecule has 0 saturated carbocycles. The van der Waals surface area contributed by atoms with Crippen LogP contribution in [0.25, 0.3) is 0 Å². The molecule has 2 aliphatic rings. The standard InChI is InChI=1S/C21H27N3O3S/c1-20(23-18(25)17-14-28-15-22-17)9-12-27-21(19(20)26)7-10-24(11-8-21)13-16-5-3-2-4-6-16/h2-6,14-15,19,26H,7-13H2,1H3,(H,23,25)/t19-,20+/m1/s1. The van der Waals surface area contributed by atoms with Gasteiger partial charge in [-0.1, -0.05) is 30.3 Å². The number of piperidine rings is 1. The molecule has 28 heavy (non-hydrogen) atoms. The van der Waals surface area contributed by atoms with E-state index in [0.717, 1.165) is 32.5 Å². The van der Waals surface area contributed by atoms with Crippen LogP contribution in [0.15, 0.2) is 41.2 Å². The molecule has 2 atom stereocenters. The van der Waals surface area contributed by atoms with Gasteiger partial charge in [0.15, 0.2) is 0 Å². The predicted octanol–water partition coefficient (Wildman–Crippen LogP) is 2.45. The number of likely N-dealkylation sites (tertiary alicyclic amines) is 1. The molecule has 7 heteroatoms. The van der Waals surface area contributed by atoms with Gasteiger partial charge in [-0.2, -0.15) is 0 Å². The van der Waals surface area contributed by atoms with Crippen molar-refractivity contribution in [2.24, 2.45) is 0 Å². The quantitative estimate of drug-likeness (QED) is 0.823. The van der Waals surface area contributed by atoms with Crippen LogP contribution in [0.5, 0.6) is 0 Å². The molecule has 2 fully saturated rings. The zero-order valence-electron chi connectivity index (χ0n) is 16.1. The summed E-state index contributed by atoms with van der Waals surface area (Å²) in [6.07, 6.45) is 1.33.